The molecular formula is C29H43N6O7S-. The predicted molar refractivity (Wildman–Crippen MR) is 161 cm³/mol. The number of hydrogen-bond donors (Lipinski definition) is 4. The Morgan fingerprint density at radius 1 is 1.07 bits per heavy atom. The van der Waals surface area contributed by atoms with E-state index in [-0.39, 0.29) is 43.5 Å². The summed E-state index contributed by atoms with van der Waals surface area (Å²) in [6, 6.07) is 6.84. The molecule has 0 aromatic heterocycles. The number of ketones is 2. The molecule has 1 aliphatic heterocycles. The molecule has 6 unspecified atom stereocenters. The number of rotatable bonds is 9. The third kappa shape index (κ3) is 10.8. The van der Waals surface area contributed by atoms with Gasteiger partial charge in [-0.25, -0.2) is 0 Å². The highest BCUT2D eigenvalue weighted by atomic mass is 32.2. The molecule has 14 heteroatoms. The van der Waals surface area contributed by atoms with Gasteiger partial charge in [0.05, 0.1) is 18.5 Å². The van der Waals surface area contributed by atoms with Crippen molar-refractivity contribution in [3.05, 3.63) is 35.9 Å². The first-order valence-corrected chi connectivity index (χ1v) is 15.4. The molecule has 0 aliphatic carbocycles. The number of nitrogens with one attached hydrogen (secondary N) is 2. The zero-order valence-corrected chi connectivity index (χ0v) is 25.9. The van der Waals surface area contributed by atoms with Gasteiger partial charge in [-0.15, -0.1) is 0 Å². The van der Waals surface area contributed by atoms with Crippen LogP contribution in [0.15, 0.2) is 35.3 Å². The third-order valence-corrected chi connectivity index (χ3v) is 8.50. The second-order valence-corrected chi connectivity index (χ2v) is 12.5. The average Bonchev–Trinajstić information content (AvgIpc) is 2.94. The maximum atomic E-state index is 13.9. The number of aliphatic imine (C=N–C) groups is 1. The van der Waals surface area contributed by atoms with Gasteiger partial charge in [-0.1, -0.05) is 62.2 Å². The first-order chi connectivity index (χ1) is 20.2. The van der Waals surface area contributed by atoms with Crippen molar-refractivity contribution >= 4 is 46.3 Å². The van der Waals surface area contributed by atoms with Gasteiger partial charge in [-0.3, -0.25) is 33.2 Å². The predicted octanol–water partition coefficient (Wildman–Crippen LogP) is -0.201. The topological polar surface area (TPSA) is 217 Å². The SMILES string of the molecule is CC(C)C1C(=O)CC(CCCN=C(N)N)C(=O)NCC(=O)CC(C(C)S(=O)[O-])C(=O)NC(Cc2ccccc2)C(=O)N1C. The summed E-state index contributed by atoms with van der Waals surface area (Å²) in [4.78, 5) is 72.4. The standard InChI is InChI=1S/C29H44N6O7S/c1-17(2)25-24(37)14-20(11-8-12-32-29(30)31)26(38)33-16-21(36)15-22(18(3)43(41)42)27(39)34-23(28(40)35(25)4)13-19-9-6-5-7-10-19/h5-7,9-10,17-18,20,22-23,25H,8,11-16H2,1-4H3,(H,33,38)(H,34,39)(H,41,42)(H4,30,31,32)/p-1. The maximum Gasteiger partial charge on any atom is 0.245 e. The van der Waals surface area contributed by atoms with E-state index in [1.807, 2.05) is 0 Å². The molecule has 1 aromatic carbocycles. The molecule has 43 heavy (non-hydrogen) atoms. The molecule has 1 heterocycles. The minimum Gasteiger partial charge on any atom is -0.772 e. The summed E-state index contributed by atoms with van der Waals surface area (Å²) < 4.78 is 23.8. The van der Waals surface area contributed by atoms with Crippen LogP contribution in [0.4, 0.5) is 0 Å². The first kappa shape index (κ1) is 35.5. The number of carbonyl (C=O) groups excluding carboxylic acids is 5. The van der Waals surface area contributed by atoms with Crippen LogP contribution in [0.5, 0.6) is 0 Å². The van der Waals surface area contributed by atoms with Gasteiger partial charge >= 0.3 is 0 Å². The van der Waals surface area contributed by atoms with Crippen LogP contribution in [0.3, 0.4) is 0 Å². The van der Waals surface area contributed by atoms with E-state index >= 15 is 0 Å². The van der Waals surface area contributed by atoms with Crippen LogP contribution in [0.25, 0.3) is 0 Å². The van der Waals surface area contributed by atoms with E-state index in [2.05, 4.69) is 15.6 Å². The first-order valence-electron chi connectivity index (χ1n) is 14.3. The third-order valence-electron chi connectivity index (χ3n) is 7.56. The van der Waals surface area contributed by atoms with Crippen molar-refractivity contribution in [2.45, 2.75) is 70.2 Å². The number of amides is 3. The molecular weight excluding hydrogens is 576 g/mol. The lowest BCUT2D eigenvalue weighted by atomic mass is 9.88. The molecule has 1 aliphatic rings. The van der Waals surface area contributed by atoms with Crippen LogP contribution in [0, 0.1) is 17.8 Å². The molecule has 0 saturated carbocycles. The van der Waals surface area contributed by atoms with Crippen LogP contribution in [-0.2, 0) is 41.5 Å². The number of Topliss-reactive ketones (excluding diaryl/α,β-unsaturated/α-hetero) is 2. The molecule has 0 bridgehead atoms. The minimum absolute atomic E-state index is 0.0672. The Bertz CT molecular complexity index is 1200. The number of nitrogens with zero attached hydrogens (tertiary/aromatic N) is 2. The van der Waals surface area contributed by atoms with Crippen LogP contribution in [-0.4, -0.2) is 86.4 Å². The summed E-state index contributed by atoms with van der Waals surface area (Å²) in [5.41, 5.74) is 11.5. The summed E-state index contributed by atoms with van der Waals surface area (Å²) in [6.45, 7) is 4.62. The fourth-order valence-corrected chi connectivity index (χ4v) is 5.72. The van der Waals surface area contributed by atoms with Crippen LogP contribution >= 0.6 is 0 Å². The van der Waals surface area contributed by atoms with Gasteiger partial charge in [0.2, 0.25) is 17.7 Å². The zero-order chi connectivity index (χ0) is 32.3. The summed E-state index contributed by atoms with van der Waals surface area (Å²) in [5.74, 6) is -5.44. The van der Waals surface area contributed by atoms with Crippen molar-refractivity contribution in [1.82, 2.24) is 15.5 Å². The highest BCUT2D eigenvalue weighted by Crippen LogP contribution is 2.22. The highest BCUT2D eigenvalue weighted by Gasteiger charge is 2.38. The molecule has 1 saturated heterocycles. The van der Waals surface area contributed by atoms with E-state index in [0.29, 0.717) is 6.42 Å². The molecule has 13 nitrogen and oxygen atoms in total. The quantitative estimate of drug-likeness (QED) is 0.124. The zero-order valence-electron chi connectivity index (χ0n) is 25.1. The van der Waals surface area contributed by atoms with Crippen molar-refractivity contribution in [2.75, 3.05) is 20.1 Å². The fraction of sp³-hybridized carbons (Fsp3) is 0.586. The second kappa shape index (κ2) is 16.8. The lowest BCUT2D eigenvalue weighted by Crippen LogP contribution is -2.56. The Labute approximate surface area is 254 Å². The number of nitrogens with two attached hydrogens (primary N) is 2. The molecule has 0 radical (unpaired) electrons. The molecule has 3 amide bonds. The normalized spacial score (nSPS) is 24.4. The Kier molecular flexibility index (Phi) is 13.9. The molecule has 1 aromatic rings. The number of carbonyl (C=O) groups is 5. The molecule has 2 rings (SSSR count). The molecule has 1 fully saturated rings. The number of likely N-dealkylation sites (N-methyl/N-ethyl adjacent to an activating group) is 1. The fourth-order valence-electron chi connectivity index (χ4n) is 5.24. The summed E-state index contributed by atoms with van der Waals surface area (Å²) in [7, 11) is 1.47. The van der Waals surface area contributed by atoms with Gasteiger partial charge in [0, 0.05) is 44.0 Å². The maximum absolute atomic E-state index is 13.9. The molecule has 6 atom stereocenters. The smallest absolute Gasteiger partial charge is 0.245 e. The van der Waals surface area contributed by atoms with Crippen LogP contribution in [0.2, 0.25) is 0 Å². The Morgan fingerprint density at radius 3 is 2.30 bits per heavy atom. The summed E-state index contributed by atoms with van der Waals surface area (Å²) >= 11 is -2.71. The Morgan fingerprint density at radius 2 is 1.72 bits per heavy atom. The van der Waals surface area contributed by atoms with E-state index < -0.39 is 76.7 Å². The van der Waals surface area contributed by atoms with E-state index in [1.54, 1.807) is 44.2 Å². The highest BCUT2D eigenvalue weighted by molar-refractivity contribution is 7.79. The van der Waals surface area contributed by atoms with E-state index in [9.17, 15) is 32.7 Å². The van der Waals surface area contributed by atoms with Crippen molar-refractivity contribution < 1.29 is 32.7 Å². The summed E-state index contributed by atoms with van der Waals surface area (Å²) in [6.07, 6.45) is -0.00204. The average molecular weight is 620 g/mol. The Hall–Kier alpha value is -3.65. The van der Waals surface area contributed by atoms with E-state index in [4.69, 9.17) is 11.5 Å². The number of benzene rings is 1. The largest absolute Gasteiger partial charge is 0.772 e. The van der Waals surface area contributed by atoms with Gasteiger partial charge in [0.1, 0.15) is 6.04 Å². The van der Waals surface area contributed by atoms with Gasteiger partial charge in [0.25, 0.3) is 0 Å². The van der Waals surface area contributed by atoms with E-state index in [0.717, 1.165) is 5.56 Å². The van der Waals surface area contributed by atoms with Gasteiger partial charge < -0.3 is 31.6 Å². The monoisotopic (exact) mass is 619 g/mol. The minimum atomic E-state index is -2.71. The summed E-state index contributed by atoms with van der Waals surface area (Å²) in [5, 5.41) is 3.95. The molecule has 238 valence electrons. The van der Waals surface area contributed by atoms with Crippen molar-refractivity contribution in [2.24, 2.45) is 34.2 Å². The van der Waals surface area contributed by atoms with Gasteiger partial charge in [0.15, 0.2) is 17.5 Å². The van der Waals surface area contributed by atoms with Crippen LogP contribution < -0.4 is 22.1 Å². The van der Waals surface area contributed by atoms with Gasteiger partial charge in [-0.05, 0) is 24.3 Å². The lowest BCUT2D eigenvalue weighted by Gasteiger charge is -2.34. The van der Waals surface area contributed by atoms with Gasteiger partial charge in [-0.2, -0.15) is 0 Å². The molecule has 6 N–H and O–H groups in total. The number of hydrogen-bond acceptors (Lipinski definition) is 8. The Balaban J connectivity index is 2.54. The van der Waals surface area contributed by atoms with Crippen molar-refractivity contribution in [3.63, 3.8) is 0 Å². The molecule has 0 spiro atoms. The number of guanidine groups is 1. The second-order valence-electron chi connectivity index (χ2n) is 11.2. The van der Waals surface area contributed by atoms with Crippen LogP contribution in [0.1, 0.15) is 52.0 Å². The lowest BCUT2D eigenvalue weighted by molar-refractivity contribution is -0.143. The van der Waals surface area contributed by atoms with Crippen molar-refractivity contribution in [3.8, 4) is 0 Å². The van der Waals surface area contributed by atoms with Crippen molar-refractivity contribution in [1.29, 1.82) is 0 Å². The van der Waals surface area contributed by atoms with E-state index in [1.165, 1.54) is 18.9 Å².